The van der Waals surface area contributed by atoms with E-state index < -0.39 is 29.3 Å². The van der Waals surface area contributed by atoms with Gasteiger partial charge in [0.2, 0.25) is 0 Å². The van der Waals surface area contributed by atoms with Crippen molar-refractivity contribution in [3.8, 4) is 11.5 Å². The number of nitrogens with zero attached hydrogens (tertiary/aromatic N) is 1. The number of benzene rings is 3. The number of halogens is 3. The lowest BCUT2D eigenvalue weighted by molar-refractivity contribution is -0.111. The number of phenols is 1. The van der Waals surface area contributed by atoms with Crippen LogP contribution >= 0.6 is 0 Å². The van der Waals surface area contributed by atoms with E-state index in [0.717, 1.165) is 12.4 Å². The van der Waals surface area contributed by atoms with Crippen molar-refractivity contribution in [1.29, 1.82) is 0 Å². The van der Waals surface area contributed by atoms with Crippen LogP contribution in [0.5, 0.6) is 11.5 Å². The Balaban J connectivity index is 1.55. The van der Waals surface area contributed by atoms with E-state index in [4.69, 9.17) is 4.74 Å². The summed E-state index contributed by atoms with van der Waals surface area (Å²) in [4.78, 5) is 13.0. The molecule has 2 aliphatic heterocycles. The van der Waals surface area contributed by atoms with Gasteiger partial charge in [-0.05, 0) is 48.2 Å². The predicted octanol–water partition coefficient (Wildman–Crippen LogP) is 5.53. The molecule has 7 heteroatoms. The Morgan fingerprint density at radius 3 is 2.47 bits per heavy atom. The summed E-state index contributed by atoms with van der Waals surface area (Å²) in [7, 11) is 0. The van der Waals surface area contributed by atoms with Crippen molar-refractivity contribution < 1.29 is 27.8 Å². The number of ether oxygens (including phenoxy) is 1. The van der Waals surface area contributed by atoms with E-state index in [-0.39, 0.29) is 23.8 Å². The van der Waals surface area contributed by atoms with Gasteiger partial charge in [-0.15, -0.1) is 0 Å². The Bertz CT molecular complexity index is 1220. The van der Waals surface area contributed by atoms with Crippen LogP contribution in [0.25, 0.3) is 0 Å². The Morgan fingerprint density at radius 2 is 1.74 bits per heavy atom. The van der Waals surface area contributed by atoms with E-state index in [1.54, 1.807) is 18.2 Å². The van der Waals surface area contributed by atoms with Gasteiger partial charge in [-0.25, -0.2) is 13.2 Å². The van der Waals surface area contributed by atoms with Crippen LogP contribution < -0.4 is 9.64 Å². The molecule has 2 aliphatic rings. The molecule has 1 N–H and O–H groups in total. The summed E-state index contributed by atoms with van der Waals surface area (Å²) in [6.07, 6.45) is 2.33. The summed E-state index contributed by atoms with van der Waals surface area (Å²) in [6, 6.07) is 13.6. The molecule has 3 aromatic rings. The van der Waals surface area contributed by atoms with Crippen LogP contribution in [0, 0.1) is 23.4 Å². The van der Waals surface area contributed by atoms with Crippen molar-refractivity contribution in [1.82, 2.24) is 0 Å². The zero-order chi connectivity index (χ0) is 23.8. The van der Waals surface area contributed by atoms with Gasteiger partial charge >= 0.3 is 0 Å². The lowest BCUT2D eigenvalue weighted by atomic mass is 9.75. The Labute approximate surface area is 195 Å². The number of rotatable bonds is 4. The van der Waals surface area contributed by atoms with E-state index in [2.05, 4.69) is 0 Å². The van der Waals surface area contributed by atoms with E-state index in [1.165, 1.54) is 30.3 Å². The summed E-state index contributed by atoms with van der Waals surface area (Å²) >= 11 is 0. The van der Waals surface area contributed by atoms with Crippen molar-refractivity contribution in [2.24, 2.45) is 5.92 Å². The standard InChI is InChI=1S/C27H24F3NO3/c28-22-3-1-2-19(27(22)30)21-15-34-25-13-18(33)5-6-20(25)26(21)17-4-7-24(23(29)12-17)31-10-8-16(14-32)9-11-31/h1-7,12-14,16,21,26,33H,8-11,15H2/t21-,26-/m0/s1. The fourth-order valence-corrected chi connectivity index (χ4v) is 5.14. The smallest absolute Gasteiger partial charge is 0.162 e. The zero-order valence-corrected chi connectivity index (χ0v) is 18.4. The Hall–Kier alpha value is -3.48. The first-order chi connectivity index (χ1) is 16.5. The number of piperidine rings is 1. The number of hydrogen-bond donors (Lipinski definition) is 1. The maximum absolute atomic E-state index is 15.4. The topological polar surface area (TPSA) is 49.8 Å². The van der Waals surface area contributed by atoms with Crippen LogP contribution in [0.4, 0.5) is 18.9 Å². The van der Waals surface area contributed by atoms with E-state index >= 15 is 4.39 Å². The van der Waals surface area contributed by atoms with Gasteiger partial charge in [0.15, 0.2) is 11.6 Å². The SMILES string of the molecule is O=CC1CCN(c2ccc([C@H]3c4ccc(O)cc4OC[C@H]3c3cccc(F)c3F)cc2F)CC1. The number of aldehydes is 1. The van der Waals surface area contributed by atoms with E-state index in [0.29, 0.717) is 48.5 Å². The average molecular weight is 467 g/mol. The molecule has 0 aliphatic carbocycles. The second-order valence-corrected chi connectivity index (χ2v) is 8.93. The summed E-state index contributed by atoms with van der Waals surface area (Å²) in [6.45, 7) is 1.23. The zero-order valence-electron chi connectivity index (χ0n) is 18.4. The highest BCUT2D eigenvalue weighted by molar-refractivity contribution is 5.57. The summed E-state index contributed by atoms with van der Waals surface area (Å²) in [5.41, 5.74) is 1.88. The molecule has 34 heavy (non-hydrogen) atoms. The van der Waals surface area contributed by atoms with Crippen molar-refractivity contribution in [3.05, 3.63) is 88.7 Å². The maximum atomic E-state index is 15.4. The molecule has 3 aromatic carbocycles. The number of hydrogen-bond acceptors (Lipinski definition) is 4. The first-order valence-electron chi connectivity index (χ1n) is 11.4. The van der Waals surface area contributed by atoms with Crippen molar-refractivity contribution in [3.63, 3.8) is 0 Å². The highest BCUT2D eigenvalue weighted by atomic mass is 19.2. The van der Waals surface area contributed by atoms with Crippen molar-refractivity contribution >= 4 is 12.0 Å². The minimum atomic E-state index is -0.951. The lowest BCUT2D eigenvalue weighted by Gasteiger charge is -2.35. The summed E-state index contributed by atoms with van der Waals surface area (Å²) < 4.78 is 50.0. The Morgan fingerprint density at radius 1 is 0.941 bits per heavy atom. The molecule has 0 aromatic heterocycles. The molecule has 0 amide bonds. The molecule has 1 saturated heterocycles. The molecule has 2 atom stereocenters. The largest absolute Gasteiger partial charge is 0.508 e. The van der Waals surface area contributed by atoms with Gasteiger partial charge in [0.05, 0.1) is 12.3 Å². The van der Waals surface area contributed by atoms with E-state index in [1.807, 2.05) is 4.90 Å². The molecule has 5 rings (SSSR count). The highest BCUT2D eigenvalue weighted by Gasteiger charge is 2.36. The maximum Gasteiger partial charge on any atom is 0.162 e. The number of carbonyl (C=O) groups excluding carboxylic acids is 1. The van der Waals surface area contributed by atoms with Gasteiger partial charge in [0.25, 0.3) is 0 Å². The highest BCUT2D eigenvalue weighted by Crippen LogP contribution is 2.48. The quantitative estimate of drug-likeness (QED) is 0.513. The van der Waals surface area contributed by atoms with Crippen molar-refractivity contribution in [2.75, 3.05) is 24.6 Å². The molecule has 2 heterocycles. The number of phenolic OH excluding ortho intramolecular Hbond substituents is 1. The summed E-state index contributed by atoms with van der Waals surface area (Å²) in [5, 5.41) is 9.89. The number of carbonyl (C=O) groups is 1. The normalized spacial score (nSPS) is 20.5. The minimum absolute atomic E-state index is 0.00987. The van der Waals surface area contributed by atoms with Crippen LogP contribution in [0.1, 0.15) is 41.4 Å². The minimum Gasteiger partial charge on any atom is -0.508 e. The van der Waals surface area contributed by atoms with Gasteiger partial charge in [0, 0.05) is 42.5 Å². The predicted molar refractivity (Wildman–Crippen MR) is 122 cm³/mol. The molecule has 0 unspecified atom stereocenters. The molecule has 0 saturated carbocycles. The molecular formula is C27H24F3NO3. The van der Waals surface area contributed by atoms with Crippen LogP contribution in [0.2, 0.25) is 0 Å². The second kappa shape index (κ2) is 9.05. The van der Waals surface area contributed by atoms with Crippen LogP contribution in [0.15, 0.2) is 54.6 Å². The monoisotopic (exact) mass is 467 g/mol. The number of fused-ring (bicyclic) bond motifs is 1. The third kappa shape index (κ3) is 4.00. The Kier molecular flexibility index (Phi) is 5.94. The van der Waals surface area contributed by atoms with Crippen LogP contribution in [-0.4, -0.2) is 31.1 Å². The number of aromatic hydroxyl groups is 1. The number of anilines is 1. The first kappa shape index (κ1) is 22.3. The third-order valence-corrected chi connectivity index (χ3v) is 6.94. The molecule has 0 radical (unpaired) electrons. The van der Waals surface area contributed by atoms with Gasteiger partial charge in [-0.1, -0.05) is 24.3 Å². The molecule has 1 fully saturated rings. The van der Waals surface area contributed by atoms with Crippen molar-refractivity contribution in [2.45, 2.75) is 24.7 Å². The first-order valence-corrected chi connectivity index (χ1v) is 11.4. The fraction of sp³-hybridized carbons (Fsp3) is 0.296. The van der Waals surface area contributed by atoms with Gasteiger partial charge in [-0.2, -0.15) is 0 Å². The molecule has 0 bridgehead atoms. The lowest BCUT2D eigenvalue weighted by Crippen LogP contribution is -2.34. The molecular weight excluding hydrogens is 443 g/mol. The molecule has 0 spiro atoms. The van der Waals surface area contributed by atoms with E-state index in [9.17, 15) is 18.7 Å². The third-order valence-electron chi connectivity index (χ3n) is 6.94. The van der Waals surface area contributed by atoms with Gasteiger partial charge < -0.3 is 19.5 Å². The van der Waals surface area contributed by atoms with Gasteiger partial charge in [-0.3, -0.25) is 0 Å². The molecule has 176 valence electrons. The van der Waals surface area contributed by atoms with Crippen LogP contribution in [-0.2, 0) is 4.79 Å². The second-order valence-electron chi connectivity index (χ2n) is 8.93. The summed E-state index contributed by atoms with van der Waals surface area (Å²) in [5.74, 6) is -2.95. The van der Waals surface area contributed by atoms with Gasteiger partial charge in [0.1, 0.15) is 23.6 Å². The molecule has 4 nitrogen and oxygen atoms in total. The van der Waals surface area contributed by atoms with Crippen LogP contribution in [0.3, 0.4) is 0 Å². The average Bonchev–Trinajstić information content (AvgIpc) is 2.85. The fourth-order valence-electron chi connectivity index (χ4n) is 5.14.